The molecule has 0 radical (unpaired) electrons. The fourth-order valence-electron chi connectivity index (χ4n) is 0.325. The highest BCUT2D eigenvalue weighted by atomic mass is 14.8. The Kier molecular flexibility index (Phi) is 23.2. The summed E-state index contributed by atoms with van der Waals surface area (Å²) >= 11 is 0. The number of hydrogen-bond acceptors (Lipinski definition) is 4. The summed E-state index contributed by atoms with van der Waals surface area (Å²) in [5.41, 5.74) is 14.8. The van der Waals surface area contributed by atoms with Crippen molar-refractivity contribution in [3.05, 3.63) is 18.2 Å². The molecule has 0 amide bonds. The van der Waals surface area contributed by atoms with Crippen molar-refractivity contribution in [3.63, 3.8) is 0 Å². The van der Waals surface area contributed by atoms with Crippen molar-refractivity contribution in [2.24, 2.45) is 17.2 Å². The van der Waals surface area contributed by atoms with Gasteiger partial charge in [-0.25, -0.2) is 4.98 Å². The fourth-order valence-corrected chi connectivity index (χ4v) is 0.325. The molecule has 0 unspecified atom stereocenters. The van der Waals surface area contributed by atoms with Gasteiger partial charge in [-0.05, 0) is 27.9 Å². The minimum absolute atomic E-state index is 0.167. The van der Waals surface area contributed by atoms with Crippen molar-refractivity contribution in [1.29, 1.82) is 5.41 Å². The molecule has 1 aromatic rings. The molecular weight excluding hydrogens is 180 g/mol. The Bertz CT molecular complexity index is 178. The van der Waals surface area contributed by atoms with E-state index in [1.807, 2.05) is 6.92 Å². The number of imidazole rings is 1. The van der Waals surface area contributed by atoms with E-state index in [9.17, 15) is 0 Å². The van der Waals surface area contributed by atoms with Crippen LogP contribution in [0.15, 0.2) is 12.5 Å². The third kappa shape index (κ3) is 31.2. The SMILES string of the molecule is CC(=N)N.CN.CN.Cc1cnc[nH]1. The Balaban J connectivity index is -0.000000134. The average Bonchev–Trinajstić information content (AvgIpc) is 2.62. The summed E-state index contributed by atoms with van der Waals surface area (Å²) in [4.78, 5) is 6.66. The van der Waals surface area contributed by atoms with Gasteiger partial charge in [0, 0.05) is 11.9 Å². The second kappa shape index (κ2) is 17.6. The van der Waals surface area contributed by atoms with Gasteiger partial charge in [0.05, 0.1) is 12.2 Å². The van der Waals surface area contributed by atoms with Crippen molar-refractivity contribution in [2.75, 3.05) is 14.1 Å². The minimum atomic E-state index is 0.167. The van der Waals surface area contributed by atoms with E-state index in [2.05, 4.69) is 21.4 Å². The predicted molar refractivity (Wildman–Crippen MR) is 61.1 cm³/mol. The van der Waals surface area contributed by atoms with E-state index < -0.39 is 0 Å². The summed E-state index contributed by atoms with van der Waals surface area (Å²) in [5.74, 6) is 0.167. The topological polar surface area (TPSA) is 131 Å². The normalized spacial score (nSPS) is 6.43. The van der Waals surface area contributed by atoms with Crippen LogP contribution in [0.25, 0.3) is 0 Å². The number of hydrogen-bond donors (Lipinski definition) is 5. The van der Waals surface area contributed by atoms with Gasteiger partial charge >= 0.3 is 0 Å². The molecule has 0 fully saturated rings. The van der Waals surface area contributed by atoms with E-state index in [4.69, 9.17) is 11.1 Å². The summed E-state index contributed by atoms with van der Waals surface area (Å²) < 4.78 is 0. The van der Waals surface area contributed by atoms with Gasteiger partial charge in [0.15, 0.2) is 0 Å². The Morgan fingerprint density at radius 2 is 1.71 bits per heavy atom. The quantitative estimate of drug-likeness (QED) is 0.295. The Morgan fingerprint density at radius 3 is 1.79 bits per heavy atom. The van der Waals surface area contributed by atoms with Crippen molar-refractivity contribution in [2.45, 2.75) is 13.8 Å². The van der Waals surface area contributed by atoms with Crippen LogP contribution in [-0.4, -0.2) is 29.9 Å². The van der Waals surface area contributed by atoms with Crippen LogP contribution in [0.3, 0.4) is 0 Å². The largest absolute Gasteiger partial charge is 0.388 e. The first kappa shape index (κ1) is 18.4. The Morgan fingerprint density at radius 1 is 1.36 bits per heavy atom. The number of amidine groups is 1. The summed E-state index contributed by atoms with van der Waals surface area (Å²) in [6.07, 6.45) is 3.44. The van der Waals surface area contributed by atoms with Gasteiger partial charge in [0.2, 0.25) is 0 Å². The molecule has 1 aromatic heterocycles. The molecule has 84 valence electrons. The van der Waals surface area contributed by atoms with E-state index in [0.29, 0.717) is 0 Å². The molecule has 6 nitrogen and oxygen atoms in total. The van der Waals surface area contributed by atoms with Gasteiger partial charge in [-0.3, -0.25) is 5.41 Å². The lowest BCUT2D eigenvalue weighted by molar-refractivity contribution is 1.25. The predicted octanol–water partition coefficient (Wildman–Crippen LogP) is -0.190. The zero-order chi connectivity index (χ0) is 12.0. The van der Waals surface area contributed by atoms with Crippen LogP contribution in [0.4, 0.5) is 0 Å². The zero-order valence-electron chi connectivity index (χ0n) is 9.33. The van der Waals surface area contributed by atoms with Gasteiger partial charge in [-0.2, -0.15) is 0 Å². The Labute approximate surface area is 85.4 Å². The van der Waals surface area contributed by atoms with Gasteiger partial charge < -0.3 is 22.2 Å². The second-order valence-corrected chi connectivity index (χ2v) is 1.92. The molecule has 0 saturated heterocycles. The smallest absolute Gasteiger partial charge is 0.0921 e. The average molecular weight is 202 g/mol. The van der Waals surface area contributed by atoms with Crippen LogP contribution >= 0.6 is 0 Å². The number of nitrogens with two attached hydrogens (primary N) is 3. The van der Waals surface area contributed by atoms with Gasteiger partial charge in [0.25, 0.3) is 0 Å². The fraction of sp³-hybridized carbons (Fsp3) is 0.500. The van der Waals surface area contributed by atoms with E-state index >= 15 is 0 Å². The van der Waals surface area contributed by atoms with Crippen molar-refractivity contribution in [3.8, 4) is 0 Å². The standard InChI is InChI=1S/C4H6N2.C2H6N2.2CH5N/c1-4-2-5-3-6-4;1-2(3)4;2*1-2/h2-3H,1H3,(H,5,6);1H3,(H3,3,4);2*2H2,1H3. The summed E-state index contributed by atoms with van der Waals surface area (Å²) in [7, 11) is 3.00. The highest BCUT2D eigenvalue weighted by molar-refractivity contribution is 5.73. The van der Waals surface area contributed by atoms with Crippen molar-refractivity contribution in [1.82, 2.24) is 9.97 Å². The lowest BCUT2D eigenvalue weighted by Crippen LogP contribution is -2.00. The summed E-state index contributed by atoms with van der Waals surface area (Å²) in [5, 5.41) is 6.28. The first-order valence-electron chi connectivity index (χ1n) is 4.04. The van der Waals surface area contributed by atoms with E-state index in [1.165, 1.54) is 21.0 Å². The van der Waals surface area contributed by atoms with E-state index in [1.54, 1.807) is 12.5 Å². The number of nitrogens with one attached hydrogen (secondary N) is 2. The summed E-state index contributed by atoms with van der Waals surface area (Å²) in [6.45, 7) is 3.49. The lowest BCUT2D eigenvalue weighted by Gasteiger charge is -1.67. The van der Waals surface area contributed by atoms with E-state index in [-0.39, 0.29) is 5.84 Å². The molecule has 1 rings (SSSR count). The van der Waals surface area contributed by atoms with Crippen LogP contribution in [0, 0.1) is 12.3 Å². The summed E-state index contributed by atoms with van der Waals surface area (Å²) in [6, 6.07) is 0. The Hall–Kier alpha value is -1.40. The van der Waals surface area contributed by atoms with Gasteiger partial charge in [-0.1, -0.05) is 0 Å². The first-order chi connectivity index (χ1) is 6.63. The number of aromatic nitrogens is 2. The third-order valence-electron chi connectivity index (χ3n) is 0.635. The maximum atomic E-state index is 6.28. The minimum Gasteiger partial charge on any atom is -0.388 e. The second-order valence-electron chi connectivity index (χ2n) is 1.92. The molecule has 0 bridgehead atoms. The maximum Gasteiger partial charge on any atom is 0.0921 e. The molecule has 0 spiro atoms. The molecule has 6 heteroatoms. The van der Waals surface area contributed by atoms with Crippen LogP contribution in [-0.2, 0) is 0 Å². The molecule has 0 aromatic carbocycles. The lowest BCUT2D eigenvalue weighted by atomic mass is 10.6. The van der Waals surface area contributed by atoms with Crippen LogP contribution < -0.4 is 17.2 Å². The number of rotatable bonds is 0. The first-order valence-corrected chi connectivity index (χ1v) is 4.04. The highest BCUT2D eigenvalue weighted by Gasteiger charge is 1.73. The van der Waals surface area contributed by atoms with Gasteiger partial charge in [-0.15, -0.1) is 0 Å². The molecule has 14 heavy (non-hydrogen) atoms. The zero-order valence-corrected chi connectivity index (χ0v) is 9.33. The van der Waals surface area contributed by atoms with Crippen LogP contribution in [0.5, 0.6) is 0 Å². The molecule has 8 N–H and O–H groups in total. The number of H-pyrrole nitrogens is 1. The molecular formula is C8H22N6. The van der Waals surface area contributed by atoms with Crippen molar-refractivity contribution < 1.29 is 0 Å². The van der Waals surface area contributed by atoms with Crippen LogP contribution in [0.1, 0.15) is 12.6 Å². The molecule has 0 atom stereocenters. The maximum absolute atomic E-state index is 6.28. The molecule has 1 heterocycles. The molecule has 0 aliphatic heterocycles. The molecule has 0 saturated carbocycles. The van der Waals surface area contributed by atoms with E-state index in [0.717, 1.165) is 5.69 Å². The van der Waals surface area contributed by atoms with Crippen LogP contribution in [0.2, 0.25) is 0 Å². The highest BCUT2D eigenvalue weighted by Crippen LogP contribution is 1.81. The van der Waals surface area contributed by atoms with Gasteiger partial charge in [0.1, 0.15) is 0 Å². The monoisotopic (exact) mass is 202 g/mol. The molecule has 0 aliphatic rings. The molecule has 0 aliphatic carbocycles. The number of aromatic amines is 1. The number of aryl methyl sites for hydroxylation is 1. The number of nitrogens with zero attached hydrogens (tertiary/aromatic N) is 1. The van der Waals surface area contributed by atoms with Crippen molar-refractivity contribution >= 4 is 5.84 Å². The third-order valence-corrected chi connectivity index (χ3v) is 0.635.